The highest BCUT2D eigenvalue weighted by Gasteiger charge is 2.24. The fourth-order valence-electron chi connectivity index (χ4n) is 2.18. The van der Waals surface area contributed by atoms with E-state index in [0.717, 1.165) is 0 Å². The number of ether oxygens (including phenoxy) is 1. The van der Waals surface area contributed by atoms with E-state index < -0.39 is 16.1 Å². The molecule has 0 spiro atoms. The lowest BCUT2D eigenvalue weighted by Crippen LogP contribution is -2.23. The van der Waals surface area contributed by atoms with Crippen molar-refractivity contribution in [1.82, 2.24) is 0 Å². The Kier molecular flexibility index (Phi) is 3.72. The standard InChI is InChI=1S/C15H14N2O4S/c18-15-17(9-10-21-15)13-6-4-5-12(11-13)16-22(19,20)14-7-2-1-3-8-14/h1-8,11,16H,9-10H2. The Balaban J connectivity index is 1.86. The zero-order chi connectivity index (χ0) is 15.6. The van der Waals surface area contributed by atoms with E-state index in [1.165, 1.54) is 17.0 Å². The number of rotatable bonds is 4. The van der Waals surface area contributed by atoms with E-state index in [0.29, 0.717) is 24.5 Å². The van der Waals surface area contributed by atoms with Crippen molar-refractivity contribution in [1.29, 1.82) is 0 Å². The number of carbonyl (C=O) groups is 1. The molecular formula is C15H14N2O4S. The number of hydrogen-bond acceptors (Lipinski definition) is 4. The number of nitrogens with zero attached hydrogens (tertiary/aromatic N) is 1. The predicted octanol–water partition coefficient (Wildman–Crippen LogP) is 2.44. The molecule has 1 amide bonds. The van der Waals surface area contributed by atoms with Crippen LogP contribution in [0, 0.1) is 0 Å². The first-order chi connectivity index (χ1) is 10.6. The molecular weight excluding hydrogens is 304 g/mol. The van der Waals surface area contributed by atoms with E-state index >= 15 is 0 Å². The molecule has 1 fully saturated rings. The molecule has 1 N–H and O–H groups in total. The normalized spacial score (nSPS) is 14.7. The van der Waals surface area contributed by atoms with E-state index in [1.807, 2.05) is 0 Å². The molecule has 6 nitrogen and oxygen atoms in total. The average Bonchev–Trinajstić information content (AvgIpc) is 2.94. The molecule has 2 aromatic rings. The van der Waals surface area contributed by atoms with Crippen molar-refractivity contribution in [2.24, 2.45) is 0 Å². The highest BCUT2D eigenvalue weighted by atomic mass is 32.2. The second-order valence-electron chi connectivity index (χ2n) is 4.73. The summed E-state index contributed by atoms with van der Waals surface area (Å²) >= 11 is 0. The largest absolute Gasteiger partial charge is 0.447 e. The molecule has 22 heavy (non-hydrogen) atoms. The molecule has 0 radical (unpaired) electrons. The van der Waals surface area contributed by atoms with Gasteiger partial charge in [0.1, 0.15) is 6.61 Å². The first kappa shape index (κ1) is 14.4. The van der Waals surface area contributed by atoms with Crippen molar-refractivity contribution in [2.45, 2.75) is 4.90 Å². The van der Waals surface area contributed by atoms with Crippen LogP contribution in [0.5, 0.6) is 0 Å². The average molecular weight is 318 g/mol. The Hall–Kier alpha value is -2.54. The molecule has 0 bridgehead atoms. The van der Waals surface area contributed by atoms with Crippen LogP contribution in [0.25, 0.3) is 0 Å². The molecule has 0 atom stereocenters. The highest BCUT2D eigenvalue weighted by molar-refractivity contribution is 7.92. The smallest absolute Gasteiger partial charge is 0.414 e. The van der Waals surface area contributed by atoms with Gasteiger partial charge in [0.15, 0.2) is 0 Å². The van der Waals surface area contributed by atoms with Crippen molar-refractivity contribution in [2.75, 3.05) is 22.8 Å². The van der Waals surface area contributed by atoms with Crippen LogP contribution >= 0.6 is 0 Å². The van der Waals surface area contributed by atoms with Gasteiger partial charge in [-0.25, -0.2) is 13.2 Å². The second kappa shape index (κ2) is 5.69. The summed E-state index contributed by atoms with van der Waals surface area (Å²) in [7, 11) is -3.65. The van der Waals surface area contributed by atoms with Crippen LogP contribution in [0.4, 0.5) is 16.2 Å². The maximum atomic E-state index is 12.3. The van der Waals surface area contributed by atoms with Gasteiger partial charge in [0.05, 0.1) is 17.1 Å². The fraction of sp³-hybridized carbons (Fsp3) is 0.133. The molecule has 0 aliphatic carbocycles. The third-order valence-electron chi connectivity index (χ3n) is 3.22. The van der Waals surface area contributed by atoms with E-state index in [1.54, 1.807) is 42.5 Å². The van der Waals surface area contributed by atoms with Gasteiger partial charge in [-0.1, -0.05) is 24.3 Å². The van der Waals surface area contributed by atoms with Gasteiger partial charge in [0, 0.05) is 5.69 Å². The van der Waals surface area contributed by atoms with Crippen LogP contribution in [0.3, 0.4) is 0 Å². The van der Waals surface area contributed by atoms with Crippen molar-refractivity contribution >= 4 is 27.5 Å². The predicted molar refractivity (Wildman–Crippen MR) is 82.4 cm³/mol. The van der Waals surface area contributed by atoms with Gasteiger partial charge in [-0.15, -0.1) is 0 Å². The third-order valence-corrected chi connectivity index (χ3v) is 4.62. The number of benzene rings is 2. The van der Waals surface area contributed by atoms with Gasteiger partial charge in [0.2, 0.25) is 0 Å². The number of anilines is 2. The topological polar surface area (TPSA) is 75.7 Å². The minimum atomic E-state index is -3.65. The number of hydrogen-bond donors (Lipinski definition) is 1. The van der Waals surface area contributed by atoms with E-state index in [-0.39, 0.29) is 4.90 Å². The molecule has 1 heterocycles. The van der Waals surface area contributed by atoms with Crippen LogP contribution < -0.4 is 9.62 Å². The summed E-state index contributed by atoms with van der Waals surface area (Å²) in [6.07, 6.45) is -0.428. The maximum Gasteiger partial charge on any atom is 0.414 e. The fourth-order valence-corrected chi connectivity index (χ4v) is 3.25. The molecule has 0 saturated carbocycles. The van der Waals surface area contributed by atoms with Crippen LogP contribution in [-0.4, -0.2) is 27.7 Å². The summed E-state index contributed by atoms with van der Waals surface area (Å²) in [4.78, 5) is 13.2. The van der Waals surface area contributed by atoms with Crippen molar-refractivity contribution in [3.05, 3.63) is 54.6 Å². The minimum Gasteiger partial charge on any atom is -0.447 e. The molecule has 114 valence electrons. The van der Waals surface area contributed by atoms with Gasteiger partial charge in [-0.05, 0) is 30.3 Å². The summed E-state index contributed by atoms with van der Waals surface area (Å²) in [5, 5.41) is 0. The van der Waals surface area contributed by atoms with Crippen LogP contribution in [0.1, 0.15) is 0 Å². The maximum absolute atomic E-state index is 12.3. The molecule has 3 rings (SSSR count). The molecule has 0 aromatic heterocycles. The SMILES string of the molecule is O=C1OCCN1c1cccc(NS(=O)(=O)c2ccccc2)c1. The first-order valence-electron chi connectivity index (χ1n) is 6.68. The van der Waals surface area contributed by atoms with Crippen LogP contribution in [-0.2, 0) is 14.8 Å². The lowest BCUT2D eigenvalue weighted by Gasteiger charge is -2.14. The third kappa shape index (κ3) is 2.89. The molecule has 1 saturated heterocycles. The molecule has 0 unspecified atom stereocenters. The van der Waals surface area contributed by atoms with Crippen molar-refractivity contribution in [3.8, 4) is 0 Å². The Morgan fingerprint density at radius 1 is 1.05 bits per heavy atom. The number of carbonyl (C=O) groups excluding carboxylic acids is 1. The molecule has 7 heteroatoms. The summed E-state index contributed by atoms with van der Waals surface area (Å²) < 4.78 is 31.9. The summed E-state index contributed by atoms with van der Waals surface area (Å²) in [6, 6.07) is 14.7. The lowest BCUT2D eigenvalue weighted by molar-refractivity contribution is 0.181. The zero-order valence-corrected chi connectivity index (χ0v) is 12.4. The Labute approximate surface area is 128 Å². The van der Waals surface area contributed by atoms with Gasteiger partial charge in [0.25, 0.3) is 10.0 Å². The first-order valence-corrected chi connectivity index (χ1v) is 8.17. The Morgan fingerprint density at radius 3 is 2.50 bits per heavy atom. The van der Waals surface area contributed by atoms with Crippen LogP contribution in [0.15, 0.2) is 59.5 Å². The molecule has 1 aliphatic rings. The van der Waals surface area contributed by atoms with Gasteiger partial charge in [-0.2, -0.15) is 0 Å². The number of nitrogens with one attached hydrogen (secondary N) is 1. The highest BCUT2D eigenvalue weighted by Crippen LogP contribution is 2.24. The van der Waals surface area contributed by atoms with E-state index in [9.17, 15) is 13.2 Å². The van der Waals surface area contributed by atoms with Crippen molar-refractivity contribution < 1.29 is 17.9 Å². The van der Waals surface area contributed by atoms with E-state index in [2.05, 4.69) is 4.72 Å². The minimum absolute atomic E-state index is 0.181. The summed E-state index contributed by atoms with van der Waals surface area (Å²) in [5.74, 6) is 0. The molecule has 1 aliphatic heterocycles. The number of amides is 1. The quantitative estimate of drug-likeness (QED) is 0.939. The van der Waals surface area contributed by atoms with Gasteiger partial charge >= 0.3 is 6.09 Å². The molecule has 2 aromatic carbocycles. The van der Waals surface area contributed by atoms with E-state index in [4.69, 9.17) is 4.74 Å². The summed E-state index contributed by atoms with van der Waals surface area (Å²) in [5.41, 5.74) is 0.983. The van der Waals surface area contributed by atoms with Crippen molar-refractivity contribution in [3.63, 3.8) is 0 Å². The van der Waals surface area contributed by atoms with Gasteiger partial charge in [-0.3, -0.25) is 9.62 Å². The number of sulfonamides is 1. The lowest BCUT2D eigenvalue weighted by atomic mass is 10.2. The second-order valence-corrected chi connectivity index (χ2v) is 6.42. The zero-order valence-electron chi connectivity index (χ0n) is 11.6. The van der Waals surface area contributed by atoms with Crippen LogP contribution in [0.2, 0.25) is 0 Å². The number of cyclic esters (lactones) is 1. The van der Waals surface area contributed by atoms with Gasteiger partial charge < -0.3 is 4.74 Å². The monoisotopic (exact) mass is 318 g/mol. The summed E-state index contributed by atoms with van der Waals surface area (Å²) in [6.45, 7) is 0.784. The Bertz CT molecular complexity index is 790. The Morgan fingerprint density at radius 2 is 1.82 bits per heavy atom.